The van der Waals surface area contributed by atoms with Gasteiger partial charge in [0.05, 0.1) is 0 Å². The molecule has 0 spiro atoms. The van der Waals surface area contributed by atoms with Gasteiger partial charge in [0.2, 0.25) is 0 Å². The first-order valence-electron chi connectivity index (χ1n) is 8.13. The number of hydrogen-bond acceptors (Lipinski definition) is 2. The lowest BCUT2D eigenvalue weighted by molar-refractivity contribution is -0.355. The molecule has 144 valence electrons. The van der Waals surface area contributed by atoms with E-state index in [4.69, 9.17) is 9.47 Å². The fourth-order valence-corrected chi connectivity index (χ4v) is 2.40. The van der Waals surface area contributed by atoms with Crippen LogP contribution in [0, 0.1) is 0 Å². The molecule has 1 unspecified atom stereocenters. The summed E-state index contributed by atoms with van der Waals surface area (Å²) in [5.74, 6) is -11.1. The van der Waals surface area contributed by atoms with Crippen LogP contribution in [0.3, 0.4) is 0 Å². The molecule has 1 saturated heterocycles. The van der Waals surface area contributed by atoms with E-state index < -0.39 is 24.4 Å². The van der Waals surface area contributed by atoms with Gasteiger partial charge in [-0.05, 0) is 32.1 Å². The maximum Gasteiger partial charge on any atom is 0.459 e. The molecule has 1 fully saturated rings. The van der Waals surface area contributed by atoms with Gasteiger partial charge in [-0.25, -0.2) is 0 Å². The van der Waals surface area contributed by atoms with Crippen molar-refractivity contribution < 1.29 is 40.2 Å². The Morgan fingerprint density at radius 2 is 1.46 bits per heavy atom. The van der Waals surface area contributed by atoms with Crippen molar-refractivity contribution in [1.82, 2.24) is 0 Å². The van der Waals surface area contributed by atoms with E-state index in [1.807, 2.05) is 0 Å². The average molecular weight is 368 g/mol. The summed E-state index contributed by atoms with van der Waals surface area (Å²) >= 11 is 0. The van der Waals surface area contributed by atoms with Crippen LogP contribution in [0.25, 0.3) is 0 Å². The van der Waals surface area contributed by atoms with Gasteiger partial charge in [0, 0.05) is 19.6 Å². The van der Waals surface area contributed by atoms with E-state index in [2.05, 4.69) is 0 Å². The fraction of sp³-hybridized carbons (Fsp3) is 1.00. The highest BCUT2D eigenvalue weighted by Crippen LogP contribution is 2.48. The SMILES string of the molecule is FC(F)(F)C(F)(F)C(F)(F)CCCCCCCOC1CCCCO1. The van der Waals surface area contributed by atoms with E-state index >= 15 is 0 Å². The highest BCUT2D eigenvalue weighted by molar-refractivity contribution is 4.90. The number of unbranched alkanes of at least 4 members (excludes halogenated alkanes) is 4. The lowest BCUT2D eigenvalue weighted by atomic mass is 10.0. The van der Waals surface area contributed by atoms with Crippen molar-refractivity contribution in [2.24, 2.45) is 0 Å². The number of rotatable bonds is 10. The van der Waals surface area contributed by atoms with Crippen molar-refractivity contribution in [2.75, 3.05) is 13.2 Å². The molecule has 9 heteroatoms. The Balaban J connectivity index is 2.08. The van der Waals surface area contributed by atoms with E-state index in [1.165, 1.54) is 0 Å². The van der Waals surface area contributed by atoms with Gasteiger partial charge in [-0.2, -0.15) is 30.7 Å². The zero-order valence-corrected chi connectivity index (χ0v) is 13.3. The average Bonchev–Trinajstić information content (AvgIpc) is 2.49. The van der Waals surface area contributed by atoms with E-state index in [-0.39, 0.29) is 19.1 Å². The molecular formula is C15H23F7O2. The molecule has 0 aromatic heterocycles. The van der Waals surface area contributed by atoms with Crippen LogP contribution in [0.2, 0.25) is 0 Å². The minimum absolute atomic E-state index is 0.170. The van der Waals surface area contributed by atoms with Crippen LogP contribution in [0.1, 0.15) is 57.8 Å². The van der Waals surface area contributed by atoms with Crippen LogP contribution in [-0.4, -0.2) is 37.5 Å². The summed E-state index contributed by atoms with van der Waals surface area (Å²) in [5.41, 5.74) is 0. The lowest BCUT2D eigenvalue weighted by Gasteiger charge is -2.28. The second-order valence-electron chi connectivity index (χ2n) is 5.96. The molecule has 0 aromatic carbocycles. The molecular weight excluding hydrogens is 345 g/mol. The van der Waals surface area contributed by atoms with Crippen LogP contribution in [0.5, 0.6) is 0 Å². The molecule has 0 radical (unpaired) electrons. The number of halogens is 7. The van der Waals surface area contributed by atoms with Crippen molar-refractivity contribution in [3.05, 3.63) is 0 Å². The first-order valence-corrected chi connectivity index (χ1v) is 8.13. The molecule has 1 rings (SSSR count). The first-order chi connectivity index (χ1) is 11.1. The van der Waals surface area contributed by atoms with Crippen LogP contribution >= 0.6 is 0 Å². The Bertz CT molecular complexity index is 352. The summed E-state index contributed by atoms with van der Waals surface area (Å²) in [6, 6.07) is 0. The number of hydrogen-bond donors (Lipinski definition) is 0. The summed E-state index contributed by atoms with van der Waals surface area (Å²) in [6.45, 7) is 1.12. The van der Waals surface area contributed by atoms with Crippen molar-refractivity contribution >= 4 is 0 Å². The van der Waals surface area contributed by atoms with Crippen LogP contribution in [0.15, 0.2) is 0 Å². The quantitative estimate of drug-likeness (QED) is 0.364. The second-order valence-corrected chi connectivity index (χ2v) is 5.96. The third-order valence-corrected chi connectivity index (χ3v) is 3.89. The van der Waals surface area contributed by atoms with E-state index in [1.54, 1.807) is 0 Å². The standard InChI is InChI=1S/C15H23F7O2/c16-13(17,14(18,19)15(20,21)22)9-5-2-1-3-6-10-23-12-8-4-7-11-24-12/h12H,1-11H2. The van der Waals surface area contributed by atoms with Gasteiger partial charge < -0.3 is 9.47 Å². The maximum atomic E-state index is 13.0. The molecule has 0 saturated carbocycles. The van der Waals surface area contributed by atoms with Gasteiger partial charge in [-0.15, -0.1) is 0 Å². The van der Waals surface area contributed by atoms with Gasteiger partial charge in [-0.1, -0.05) is 19.3 Å². The number of ether oxygens (including phenoxy) is 2. The van der Waals surface area contributed by atoms with Crippen molar-refractivity contribution in [3.63, 3.8) is 0 Å². The zero-order chi connectivity index (χ0) is 18.3. The third-order valence-electron chi connectivity index (χ3n) is 3.89. The lowest BCUT2D eigenvalue weighted by Crippen LogP contribution is -2.51. The second kappa shape index (κ2) is 9.22. The van der Waals surface area contributed by atoms with E-state index in [0.717, 1.165) is 19.3 Å². The van der Waals surface area contributed by atoms with Gasteiger partial charge in [-0.3, -0.25) is 0 Å². The molecule has 24 heavy (non-hydrogen) atoms. The van der Waals surface area contributed by atoms with E-state index in [0.29, 0.717) is 32.5 Å². The van der Waals surface area contributed by atoms with E-state index in [9.17, 15) is 30.7 Å². The van der Waals surface area contributed by atoms with Gasteiger partial charge in [0.1, 0.15) is 0 Å². The molecule has 1 aliphatic heterocycles. The molecule has 0 aliphatic carbocycles. The van der Waals surface area contributed by atoms with Crippen molar-refractivity contribution in [1.29, 1.82) is 0 Å². The normalized spacial score (nSPS) is 20.4. The topological polar surface area (TPSA) is 18.5 Å². The van der Waals surface area contributed by atoms with Gasteiger partial charge >= 0.3 is 18.0 Å². The first kappa shape index (κ1) is 21.5. The maximum absolute atomic E-state index is 13.0. The molecule has 1 heterocycles. The Hall–Kier alpha value is -0.570. The van der Waals surface area contributed by atoms with Gasteiger partial charge in [0.25, 0.3) is 0 Å². The largest absolute Gasteiger partial charge is 0.459 e. The summed E-state index contributed by atoms with van der Waals surface area (Å²) in [6.07, 6.45) is -3.48. The Labute approximate surface area is 136 Å². The summed E-state index contributed by atoms with van der Waals surface area (Å²) in [4.78, 5) is 0. The van der Waals surface area contributed by atoms with Crippen LogP contribution in [-0.2, 0) is 9.47 Å². The monoisotopic (exact) mass is 368 g/mol. The molecule has 0 bridgehead atoms. The Morgan fingerprint density at radius 1 is 0.833 bits per heavy atom. The Morgan fingerprint density at radius 3 is 2.04 bits per heavy atom. The molecule has 0 amide bonds. The third kappa shape index (κ3) is 6.38. The summed E-state index contributed by atoms with van der Waals surface area (Å²) in [5, 5.41) is 0. The fourth-order valence-electron chi connectivity index (χ4n) is 2.40. The minimum atomic E-state index is -6.24. The molecule has 1 atom stereocenters. The predicted octanol–water partition coefficient (Wildman–Crippen LogP) is 5.70. The van der Waals surface area contributed by atoms with Gasteiger partial charge in [0.15, 0.2) is 6.29 Å². The highest BCUT2D eigenvalue weighted by Gasteiger charge is 2.72. The predicted molar refractivity (Wildman–Crippen MR) is 73.2 cm³/mol. The summed E-state index contributed by atoms with van der Waals surface area (Å²) < 4.78 is 98.0. The number of alkyl halides is 7. The minimum Gasteiger partial charge on any atom is -0.353 e. The van der Waals surface area contributed by atoms with Crippen LogP contribution in [0.4, 0.5) is 30.7 Å². The highest BCUT2D eigenvalue weighted by atomic mass is 19.4. The van der Waals surface area contributed by atoms with Crippen molar-refractivity contribution in [2.45, 2.75) is 82.1 Å². The van der Waals surface area contributed by atoms with Crippen molar-refractivity contribution in [3.8, 4) is 0 Å². The molecule has 1 aliphatic rings. The van der Waals surface area contributed by atoms with Crippen LogP contribution < -0.4 is 0 Å². The Kier molecular flexibility index (Phi) is 8.25. The molecule has 2 nitrogen and oxygen atoms in total. The molecule has 0 aromatic rings. The summed E-state index contributed by atoms with van der Waals surface area (Å²) in [7, 11) is 0. The molecule has 0 N–H and O–H groups in total. The zero-order valence-electron chi connectivity index (χ0n) is 13.3. The smallest absolute Gasteiger partial charge is 0.353 e.